The van der Waals surface area contributed by atoms with Gasteiger partial charge in [0.1, 0.15) is 0 Å². The monoisotopic (exact) mass is 822 g/mol. The maximum absolute atomic E-state index is 15.4. The van der Waals surface area contributed by atoms with Crippen molar-refractivity contribution in [1.82, 2.24) is 0 Å². The van der Waals surface area contributed by atoms with Crippen molar-refractivity contribution >= 4 is 14.4 Å². The smallest absolute Gasteiger partial charge is 1.00 e. The fourth-order valence-electron chi connectivity index (χ4n) is 9.48. The summed E-state index contributed by atoms with van der Waals surface area (Å²) in [5.74, 6) is -0.302. The molecule has 1 unspecified atom stereocenters. The number of rotatable bonds is 4. The summed E-state index contributed by atoms with van der Waals surface area (Å²) >= 11 is -3.32. The van der Waals surface area contributed by atoms with E-state index in [-0.39, 0.29) is 62.2 Å². The summed E-state index contributed by atoms with van der Waals surface area (Å²) in [6.07, 6.45) is 9.79. The summed E-state index contributed by atoms with van der Waals surface area (Å²) in [6.45, 7) is 23.0. The third kappa shape index (κ3) is 6.51. The van der Waals surface area contributed by atoms with Gasteiger partial charge in [0.25, 0.3) is 0 Å². The molecule has 4 aliphatic rings. The van der Waals surface area contributed by atoms with Gasteiger partial charge in [-0.3, -0.25) is 0 Å². The summed E-state index contributed by atoms with van der Waals surface area (Å²) in [4.78, 5) is 0. The van der Waals surface area contributed by atoms with Crippen molar-refractivity contribution in [1.29, 1.82) is 0 Å². The summed E-state index contributed by atoms with van der Waals surface area (Å²) in [7, 11) is 0. The summed E-state index contributed by atoms with van der Waals surface area (Å²) in [5, 5.41) is 0. The molecular weight excluding hydrogens is 777 g/mol. The first kappa shape index (κ1) is 39.7. The van der Waals surface area contributed by atoms with Gasteiger partial charge in [-0.15, -0.1) is 0 Å². The SMILES string of the molecule is CC1=CC(C)(C)c2cc3c(cc21)-c1cc2c(cc1[CH]3[Zr+2]([C]1=CC(C(C)(C)C)=CC1C)=[C](c1cccc(F)c1)c1cccc(F)c1)C(C)(C)C=C2C.[Cl-].[Cl-]. The van der Waals surface area contributed by atoms with Crippen LogP contribution in [0.15, 0.2) is 106 Å². The largest absolute Gasteiger partial charge is 1.00 e. The van der Waals surface area contributed by atoms with Gasteiger partial charge in [0.2, 0.25) is 0 Å². The van der Waals surface area contributed by atoms with Gasteiger partial charge in [0.05, 0.1) is 0 Å². The van der Waals surface area contributed by atoms with Crippen molar-refractivity contribution in [2.75, 3.05) is 0 Å². The number of fused-ring (bicyclic) bond motifs is 5. The minimum atomic E-state index is -3.32. The van der Waals surface area contributed by atoms with Crippen LogP contribution in [-0.4, -0.2) is 3.21 Å². The van der Waals surface area contributed by atoms with Crippen LogP contribution in [0.5, 0.6) is 0 Å². The molecule has 0 amide bonds. The van der Waals surface area contributed by atoms with Crippen LogP contribution in [0.1, 0.15) is 117 Å². The first-order valence-electron chi connectivity index (χ1n) is 18.4. The Morgan fingerprint density at radius 2 is 1.11 bits per heavy atom. The number of hydrogen-bond acceptors (Lipinski definition) is 0. The Bertz CT molecular complexity index is 2230. The maximum Gasteiger partial charge on any atom is -1.00 e. The van der Waals surface area contributed by atoms with Crippen LogP contribution in [0.3, 0.4) is 0 Å². The van der Waals surface area contributed by atoms with Gasteiger partial charge in [-0.05, 0) is 0 Å². The Hall–Kier alpha value is -2.97. The minimum Gasteiger partial charge on any atom is -1.00 e. The zero-order chi connectivity index (χ0) is 36.4. The molecule has 272 valence electrons. The third-order valence-electron chi connectivity index (χ3n) is 11.9. The first-order chi connectivity index (χ1) is 23.9. The van der Waals surface area contributed by atoms with Crippen LogP contribution in [0.25, 0.3) is 22.3 Å². The molecule has 0 fully saturated rings. The molecule has 0 aromatic heterocycles. The van der Waals surface area contributed by atoms with E-state index in [0.29, 0.717) is 0 Å². The number of benzene rings is 4. The second-order valence-electron chi connectivity index (χ2n) is 17.6. The van der Waals surface area contributed by atoms with E-state index in [1.165, 1.54) is 76.6 Å². The molecule has 0 aliphatic heterocycles. The maximum atomic E-state index is 15.4. The number of halogens is 4. The predicted molar refractivity (Wildman–Crippen MR) is 208 cm³/mol. The topological polar surface area (TPSA) is 0 Å². The van der Waals surface area contributed by atoms with E-state index in [4.69, 9.17) is 0 Å². The second-order valence-corrected chi connectivity index (χ2v) is 23.7. The molecule has 0 N–H and O–H groups in total. The molecule has 1 atom stereocenters. The molecule has 4 aromatic rings. The average molecular weight is 825 g/mol. The van der Waals surface area contributed by atoms with E-state index in [9.17, 15) is 0 Å². The van der Waals surface area contributed by atoms with E-state index < -0.39 is 21.3 Å². The molecule has 4 aromatic carbocycles. The van der Waals surface area contributed by atoms with Gasteiger partial charge in [-0.25, -0.2) is 0 Å². The standard InChI is InChI=1S/C25H25.C13H8F2.C10H15.2ClH.Zr/c1-14-12-24(3,4)22-8-16-7-17-9-23-19(15(2)13-25(23,5)6)11-21(17)20(16)10-18(14)22;14-12-5-1-3-10(8-12)7-11-4-2-6-13(15)9-11;1-8-5-6-9(7-8)10(2,3)4;;;/h7-13H,1-6H3;1-6,8-9H;6-8H,1-4H3;2*1H;/q;;;;;+2/p-2. The van der Waals surface area contributed by atoms with Crippen LogP contribution >= 0.6 is 0 Å². The number of allylic oxidation sites excluding steroid dienone is 8. The Kier molecular flexibility index (Phi) is 10.2. The van der Waals surface area contributed by atoms with Crippen LogP contribution in [0, 0.1) is 23.0 Å². The van der Waals surface area contributed by atoms with Gasteiger partial charge in [-0.1, -0.05) is 0 Å². The molecule has 0 saturated carbocycles. The number of hydrogen-bond donors (Lipinski definition) is 0. The molecule has 0 spiro atoms. The summed E-state index contributed by atoms with van der Waals surface area (Å²) < 4.78 is 33.5. The summed E-state index contributed by atoms with van der Waals surface area (Å²) in [5.41, 5.74) is 16.4. The molecule has 0 heterocycles. The van der Waals surface area contributed by atoms with Crippen molar-refractivity contribution in [3.63, 3.8) is 0 Å². The zero-order valence-electron chi connectivity index (χ0n) is 32.4. The van der Waals surface area contributed by atoms with Crippen molar-refractivity contribution in [2.45, 2.75) is 83.7 Å². The second kappa shape index (κ2) is 13.7. The van der Waals surface area contributed by atoms with Gasteiger partial charge in [-0.2, -0.15) is 0 Å². The molecule has 8 rings (SSSR count). The quantitative estimate of drug-likeness (QED) is 0.212. The van der Waals surface area contributed by atoms with Crippen LogP contribution in [0.4, 0.5) is 8.78 Å². The molecule has 0 saturated heterocycles. The summed E-state index contributed by atoms with van der Waals surface area (Å²) in [6, 6.07) is 24.2. The van der Waals surface area contributed by atoms with E-state index in [2.05, 4.69) is 130 Å². The van der Waals surface area contributed by atoms with Gasteiger partial charge in [0, 0.05) is 0 Å². The predicted octanol–water partition coefficient (Wildman–Crippen LogP) is 6.82. The molecular formula is C48H48Cl2F2Zr. The molecule has 5 heteroatoms. The minimum absolute atomic E-state index is 0. The molecule has 4 aliphatic carbocycles. The van der Waals surface area contributed by atoms with E-state index in [0.717, 1.165) is 14.3 Å². The fraction of sp³-hybridized carbons (Fsp3) is 0.312. The Balaban J connectivity index is 0.00000240. The fourth-order valence-corrected chi connectivity index (χ4v) is 18.9. The van der Waals surface area contributed by atoms with Gasteiger partial charge < -0.3 is 24.8 Å². The van der Waals surface area contributed by atoms with E-state index in [1.807, 2.05) is 12.1 Å². The van der Waals surface area contributed by atoms with Gasteiger partial charge in [0.15, 0.2) is 0 Å². The molecule has 0 nitrogen and oxygen atoms in total. The van der Waals surface area contributed by atoms with Crippen LogP contribution in [0.2, 0.25) is 0 Å². The van der Waals surface area contributed by atoms with Crippen molar-refractivity contribution < 1.29 is 54.9 Å². The van der Waals surface area contributed by atoms with E-state index in [1.54, 1.807) is 12.1 Å². The van der Waals surface area contributed by atoms with E-state index >= 15 is 8.78 Å². The van der Waals surface area contributed by atoms with Crippen LogP contribution < -0.4 is 24.8 Å². The van der Waals surface area contributed by atoms with Gasteiger partial charge >= 0.3 is 313 Å². The van der Waals surface area contributed by atoms with Crippen molar-refractivity contribution in [2.24, 2.45) is 11.3 Å². The zero-order valence-corrected chi connectivity index (χ0v) is 36.4. The normalized spacial score (nSPS) is 18.6. The average Bonchev–Trinajstić information content (AvgIpc) is 3.71. The molecule has 53 heavy (non-hydrogen) atoms. The Labute approximate surface area is 335 Å². The Morgan fingerprint density at radius 3 is 1.51 bits per heavy atom. The van der Waals surface area contributed by atoms with Crippen molar-refractivity contribution in [3.8, 4) is 11.1 Å². The first-order valence-corrected chi connectivity index (χ1v) is 22.3. The molecule has 0 bridgehead atoms. The third-order valence-corrected chi connectivity index (χ3v) is 20.6. The molecule has 0 radical (unpaired) electrons. The van der Waals surface area contributed by atoms with Crippen LogP contribution in [-0.2, 0) is 32.1 Å². The van der Waals surface area contributed by atoms with Crippen molar-refractivity contribution in [3.05, 3.63) is 162 Å². The Morgan fingerprint density at radius 1 is 0.660 bits per heavy atom.